The minimum Gasteiger partial charge on any atom is -0.382 e. The molecule has 0 saturated carbocycles. The lowest BCUT2D eigenvalue weighted by molar-refractivity contribution is 0.0984. The van der Waals surface area contributed by atoms with Gasteiger partial charge in [0.25, 0.3) is 5.91 Å². The highest BCUT2D eigenvalue weighted by atomic mass is 16.2. The highest BCUT2D eigenvalue weighted by Gasteiger charge is 2.25. The number of amides is 1. The van der Waals surface area contributed by atoms with E-state index in [0.29, 0.717) is 11.7 Å². The Morgan fingerprint density at radius 3 is 3.00 bits per heavy atom. The summed E-state index contributed by atoms with van der Waals surface area (Å²) in [6.07, 6.45) is 3.64. The molecule has 0 bridgehead atoms. The van der Waals surface area contributed by atoms with E-state index >= 15 is 0 Å². The normalized spacial score (nSPS) is 14.5. The fourth-order valence-corrected chi connectivity index (χ4v) is 2.71. The molecule has 1 unspecified atom stereocenters. The van der Waals surface area contributed by atoms with Gasteiger partial charge in [0, 0.05) is 30.2 Å². The van der Waals surface area contributed by atoms with Crippen LogP contribution in [0.5, 0.6) is 0 Å². The van der Waals surface area contributed by atoms with Crippen LogP contribution in [-0.4, -0.2) is 23.5 Å². The van der Waals surface area contributed by atoms with Crippen LogP contribution in [0.15, 0.2) is 42.6 Å². The molecule has 2 heterocycles. The Labute approximate surface area is 131 Å². The van der Waals surface area contributed by atoms with Crippen LogP contribution >= 0.6 is 0 Å². The zero-order valence-corrected chi connectivity index (χ0v) is 13.0. The molecule has 2 aromatic rings. The quantitative estimate of drug-likeness (QED) is 0.939. The molecule has 1 N–H and O–H groups in total. The minimum atomic E-state index is -0.0299. The number of anilines is 2. The van der Waals surface area contributed by atoms with E-state index in [2.05, 4.69) is 30.2 Å². The van der Waals surface area contributed by atoms with E-state index in [-0.39, 0.29) is 5.91 Å². The lowest BCUT2D eigenvalue weighted by atomic mass is 10.2. The third kappa shape index (κ3) is 2.82. The molecule has 1 amide bonds. The zero-order chi connectivity index (χ0) is 15.5. The molecule has 4 heteroatoms. The van der Waals surface area contributed by atoms with E-state index in [1.165, 1.54) is 5.56 Å². The van der Waals surface area contributed by atoms with Gasteiger partial charge in [0.05, 0.1) is 0 Å². The highest BCUT2D eigenvalue weighted by Crippen LogP contribution is 2.28. The van der Waals surface area contributed by atoms with E-state index in [4.69, 9.17) is 0 Å². The smallest absolute Gasteiger partial charge is 0.276 e. The number of aromatic nitrogens is 1. The van der Waals surface area contributed by atoms with Crippen molar-refractivity contribution in [3.63, 3.8) is 0 Å². The monoisotopic (exact) mass is 295 g/mol. The first-order valence-corrected chi connectivity index (χ1v) is 7.81. The van der Waals surface area contributed by atoms with Crippen molar-refractivity contribution < 1.29 is 4.79 Å². The Morgan fingerprint density at radius 2 is 2.18 bits per heavy atom. The minimum absolute atomic E-state index is 0.0299. The molecule has 3 rings (SSSR count). The average molecular weight is 295 g/mol. The molecule has 0 radical (unpaired) electrons. The third-order valence-corrected chi connectivity index (χ3v) is 4.14. The van der Waals surface area contributed by atoms with Crippen molar-refractivity contribution in [3.8, 4) is 0 Å². The van der Waals surface area contributed by atoms with E-state index in [9.17, 15) is 4.79 Å². The third-order valence-electron chi connectivity index (χ3n) is 4.14. The van der Waals surface area contributed by atoms with E-state index in [1.807, 2.05) is 35.2 Å². The summed E-state index contributed by atoms with van der Waals surface area (Å²) in [6, 6.07) is 12.2. The van der Waals surface area contributed by atoms with E-state index < -0.39 is 0 Å². The van der Waals surface area contributed by atoms with Gasteiger partial charge in [0.2, 0.25) is 0 Å². The zero-order valence-electron chi connectivity index (χ0n) is 13.0. The lowest BCUT2D eigenvalue weighted by Gasteiger charge is -2.18. The van der Waals surface area contributed by atoms with Gasteiger partial charge in [-0.1, -0.05) is 25.1 Å². The molecule has 22 heavy (non-hydrogen) atoms. The van der Waals surface area contributed by atoms with Crippen molar-refractivity contribution in [2.24, 2.45) is 0 Å². The van der Waals surface area contributed by atoms with Crippen LogP contribution in [0, 0.1) is 0 Å². The molecule has 1 aliphatic heterocycles. The van der Waals surface area contributed by atoms with Gasteiger partial charge in [-0.2, -0.15) is 0 Å². The SMILES string of the molecule is CCC(C)Nc1ccnc(C(=O)N2CCc3ccccc32)c1. The van der Waals surface area contributed by atoms with Crippen molar-refractivity contribution in [1.29, 1.82) is 0 Å². The Bertz CT molecular complexity index is 684. The molecule has 0 spiro atoms. The number of pyridine rings is 1. The van der Waals surface area contributed by atoms with Gasteiger partial charge in [0.15, 0.2) is 0 Å². The van der Waals surface area contributed by atoms with Gasteiger partial charge in [-0.3, -0.25) is 9.78 Å². The summed E-state index contributed by atoms with van der Waals surface area (Å²) in [5.74, 6) is -0.0299. The van der Waals surface area contributed by atoms with Crippen molar-refractivity contribution in [3.05, 3.63) is 53.9 Å². The van der Waals surface area contributed by atoms with Gasteiger partial charge in [-0.15, -0.1) is 0 Å². The second kappa shape index (κ2) is 6.18. The number of nitrogens with one attached hydrogen (secondary N) is 1. The van der Waals surface area contributed by atoms with Crippen LogP contribution in [0.4, 0.5) is 11.4 Å². The Kier molecular flexibility index (Phi) is 4.09. The molecule has 1 aliphatic rings. The summed E-state index contributed by atoms with van der Waals surface area (Å²) in [6.45, 7) is 4.98. The van der Waals surface area contributed by atoms with Crippen molar-refractivity contribution in [2.75, 3.05) is 16.8 Å². The summed E-state index contributed by atoms with van der Waals surface area (Å²) in [5, 5.41) is 3.39. The summed E-state index contributed by atoms with van der Waals surface area (Å²) >= 11 is 0. The second-order valence-electron chi connectivity index (χ2n) is 5.72. The van der Waals surface area contributed by atoms with E-state index in [0.717, 1.165) is 30.8 Å². The standard InChI is InChI=1S/C18H21N3O/c1-3-13(2)20-15-8-10-19-16(12-15)18(22)21-11-9-14-6-4-5-7-17(14)21/h4-8,10,12-13H,3,9,11H2,1-2H3,(H,19,20). The number of hydrogen-bond donors (Lipinski definition) is 1. The Hall–Kier alpha value is -2.36. The first-order chi connectivity index (χ1) is 10.7. The van der Waals surface area contributed by atoms with Gasteiger partial charge < -0.3 is 10.2 Å². The predicted octanol–water partition coefficient (Wildman–Crippen LogP) is 3.49. The van der Waals surface area contributed by atoms with Crippen molar-refractivity contribution >= 4 is 17.3 Å². The van der Waals surface area contributed by atoms with Gasteiger partial charge in [-0.05, 0) is 43.5 Å². The number of rotatable bonds is 4. The number of carbonyl (C=O) groups is 1. The van der Waals surface area contributed by atoms with E-state index in [1.54, 1.807) is 6.20 Å². The van der Waals surface area contributed by atoms with Crippen LogP contribution in [0.3, 0.4) is 0 Å². The van der Waals surface area contributed by atoms with Crippen LogP contribution in [-0.2, 0) is 6.42 Å². The number of hydrogen-bond acceptors (Lipinski definition) is 3. The number of benzene rings is 1. The molecule has 114 valence electrons. The summed E-state index contributed by atoms with van der Waals surface area (Å²) in [5.41, 5.74) is 3.67. The maximum absolute atomic E-state index is 12.8. The molecule has 1 atom stereocenters. The largest absolute Gasteiger partial charge is 0.382 e. The maximum Gasteiger partial charge on any atom is 0.276 e. The predicted molar refractivity (Wildman–Crippen MR) is 89.4 cm³/mol. The Balaban J connectivity index is 1.83. The van der Waals surface area contributed by atoms with Crippen molar-refractivity contribution in [2.45, 2.75) is 32.7 Å². The fraction of sp³-hybridized carbons (Fsp3) is 0.333. The van der Waals surface area contributed by atoms with Crippen molar-refractivity contribution in [1.82, 2.24) is 4.98 Å². The Morgan fingerprint density at radius 1 is 1.36 bits per heavy atom. The molecule has 0 fully saturated rings. The number of carbonyl (C=O) groups excluding carboxylic acids is 1. The number of nitrogens with zero attached hydrogens (tertiary/aromatic N) is 2. The summed E-state index contributed by atoms with van der Waals surface area (Å²) in [4.78, 5) is 18.8. The van der Waals surface area contributed by atoms with Crippen LogP contribution in [0.1, 0.15) is 36.3 Å². The fourth-order valence-electron chi connectivity index (χ4n) is 2.71. The lowest BCUT2D eigenvalue weighted by Crippen LogP contribution is -2.29. The van der Waals surface area contributed by atoms with Crippen LogP contribution < -0.4 is 10.2 Å². The molecule has 1 aromatic carbocycles. The first kappa shape index (κ1) is 14.6. The molecule has 4 nitrogen and oxygen atoms in total. The van der Waals surface area contributed by atoms with Crippen LogP contribution in [0.25, 0.3) is 0 Å². The number of fused-ring (bicyclic) bond motifs is 1. The molecule has 0 saturated heterocycles. The molecule has 0 aliphatic carbocycles. The summed E-state index contributed by atoms with van der Waals surface area (Å²) < 4.78 is 0. The van der Waals surface area contributed by atoms with Crippen LogP contribution in [0.2, 0.25) is 0 Å². The first-order valence-electron chi connectivity index (χ1n) is 7.81. The molecule has 1 aromatic heterocycles. The van der Waals surface area contributed by atoms with Gasteiger partial charge in [-0.25, -0.2) is 0 Å². The topological polar surface area (TPSA) is 45.2 Å². The molecular weight excluding hydrogens is 274 g/mol. The second-order valence-corrected chi connectivity index (χ2v) is 5.72. The average Bonchev–Trinajstić information content (AvgIpc) is 2.98. The van der Waals surface area contributed by atoms with Gasteiger partial charge in [0.1, 0.15) is 5.69 Å². The summed E-state index contributed by atoms with van der Waals surface area (Å²) in [7, 11) is 0. The highest BCUT2D eigenvalue weighted by molar-refractivity contribution is 6.06. The van der Waals surface area contributed by atoms with Gasteiger partial charge >= 0.3 is 0 Å². The number of para-hydroxylation sites is 1. The molecular formula is C18H21N3O. The maximum atomic E-state index is 12.8.